The van der Waals surface area contributed by atoms with Gasteiger partial charge >= 0.3 is 11.8 Å². The largest absolute Gasteiger partial charge is 0.477 e. The Labute approximate surface area is 130 Å². The van der Waals surface area contributed by atoms with Crippen LogP contribution in [0, 0.1) is 18.3 Å². The number of terminal acetylenes is 1. The average molecular weight is 336 g/mol. The number of hydrogen-bond acceptors (Lipinski definition) is 6. The number of alkyl halides is 2. The lowest BCUT2D eigenvalue weighted by Crippen LogP contribution is -2.65. The summed E-state index contributed by atoms with van der Waals surface area (Å²) in [6, 6.07) is 0. The Kier molecular flexibility index (Phi) is 6.18. The van der Waals surface area contributed by atoms with Gasteiger partial charge in [-0.15, -0.1) is 12.3 Å². The number of carbonyl (C=O) groups is 2. The number of ketones is 1. The lowest BCUT2D eigenvalue weighted by molar-refractivity contribution is -0.387. The third kappa shape index (κ3) is 3.84. The molecule has 130 valence electrons. The maximum atomic E-state index is 14.1. The first-order valence-corrected chi connectivity index (χ1v) is 6.84. The topological polar surface area (TPSA) is 124 Å². The second kappa shape index (κ2) is 7.31. The van der Waals surface area contributed by atoms with Gasteiger partial charge in [-0.25, -0.2) is 9.18 Å². The summed E-state index contributed by atoms with van der Waals surface area (Å²) >= 11 is 0. The zero-order valence-electron chi connectivity index (χ0n) is 12.1. The molecule has 1 saturated heterocycles. The summed E-state index contributed by atoms with van der Waals surface area (Å²) in [5.41, 5.74) is 0. The molecule has 1 heterocycles. The molecule has 4 N–H and O–H groups in total. The SMILES string of the molecule is C#CCCC(=O)CC1CC(F)C(F)(C(=O)O)O[C@]1(O)[C@H](O)CO. The number of carboxylic acids is 1. The third-order valence-corrected chi connectivity index (χ3v) is 3.76. The Bertz CT molecular complexity index is 506. The van der Waals surface area contributed by atoms with Crippen LogP contribution in [0.25, 0.3) is 0 Å². The van der Waals surface area contributed by atoms with Crippen LogP contribution in [0.2, 0.25) is 0 Å². The highest BCUT2D eigenvalue weighted by atomic mass is 19.2. The Balaban J connectivity index is 3.07. The summed E-state index contributed by atoms with van der Waals surface area (Å²) in [6.45, 7) is -1.11. The predicted octanol–water partition coefficient (Wildman–Crippen LogP) is -0.474. The summed E-state index contributed by atoms with van der Waals surface area (Å²) in [4.78, 5) is 22.6. The van der Waals surface area contributed by atoms with Gasteiger partial charge in [-0.05, 0) is 6.42 Å². The van der Waals surface area contributed by atoms with Gasteiger partial charge in [0.15, 0.2) is 6.17 Å². The number of carbonyl (C=O) groups excluding carboxylic acids is 1. The standard InChI is InChI=1S/C14H18F2O7/c1-2-3-4-9(18)5-8-6-10(15)13(16,12(20)21)23-14(8,22)11(19)7-17/h1,8,10-11,17,19,22H,3-7H2,(H,20,21)/t8?,10?,11-,13?,14+/m1/s1. The summed E-state index contributed by atoms with van der Waals surface area (Å²) in [7, 11) is 0. The van der Waals surface area contributed by atoms with Crippen molar-refractivity contribution in [2.45, 2.75) is 49.6 Å². The Morgan fingerprint density at radius 2 is 2.09 bits per heavy atom. The monoisotopic (exact) mass is 336 g/mol. The van der Waals surface area contributed by atoms with Gasteiger partial charge in [0.1, 0.15) is 11.9 Å². The lowest BCUT2D eigenvalue weighted by Gasteiger charge is -2.47. The van der Waals surface area contributed by atoms with E-state index in [9.17, 15) is 28.6 Å². The molecule has 3 unspecified atom stereocenters. The highest BCUT2D eigenvalue weighted by molar-refractivity contribution is 5.79. The molecule has 7 nitrogen and oxygen atoms in total. The quantitative estimate of drug-likeness (QED) is 0.463. The van der Waals surface area contributed by atoms with Crippen molar-refractivity contribution in [2.24, 2.45) is 5.92 Å². The van der Waals surface area contributed by atoms with Crippen LogP contribution in [0.3, 0.4) is 0 Å². The van der Waals surface area contributed by atoms with E-state index in [1.807, 2.05) is 0 Å². The molecule has 0 aromatic heterocycles. The van der Waals surface area contributed by atoms with Crippen molar-refractivity contribution < 1.29 is 43.5 Å². The van der Waals surface area contributed by atoms with Crippen LogP contribution >= 0.6 is 0 Å². The molecule has 1 aliphatic heterocycles. The van der Waals surface area contributed by atoms with E-state index in [1.54, 1.807) is 0 Å². The zero-order chi connectivity index (χ0) is 17.8. The van der Waals surface area contributed by atoms with Gasteiger partial charge in [-0.2, -0.15) is 4.39 Å². The molecule has 0 amide bonds. The van der Waals surface area contributed by atoms with E-state index >= 15 is 0 Å². The predicted molar refractivity (Wildman–Crippen MR) is 71.3 cm³/mol. The van der Waals surface area contributed by atoms with Crippen LogP contribution in [-0.2, 0) is 14.3 Å². The molecule has 0 spiro atoms. The summed E-state index contributed by atoms with van der Waals surface area (Å²) in [5, 5.41) is 37.6. The molecule has 0 saturated carbocycles. The number of hydrogen-bond donors (Lipinski definition) is 4. The lowest BCUT2D eigenvalue weighted by atomic mass is 9.80. The normalized spacial score (nSPS) is 35.3. The third-order valence-electron chi connectivity index (χ3n) is 3.76. The van der Waals surface area contributed by atoms with Crippen molar-refractivity contribution in [3.05, 3.63) is 0 Å². The number of aliphatic hydroxyl groups excluding tert-OH is 2. The van der Waals surface area contributed by atoms with Crippen LogP contribution in [0.15, 0.2) is 0 Å². The van der Waals surface area contributed by atoms with Crippen molar-refractivity contribution in [2.75, 3.05) is 6.61 Å². The summed E-state index contributed by atoms with van der Waals surface area (Å²) < 4.78 is 32.3. The van der Waals surface area contributed by atoms with Crippen LogP contribution in [0.5, 0.6) is 0 Å². The van der Waals surface area contributed by atoms with Crippen molar-refractivity contribution in [3.8, 4) is 12.3 Å². The highest BCUT2D eigenvalue weighted by Crippen LogP contribution is 2.44. The van der Waals surface area contributed by atoms with Gasteiger partial charge in [0.05, 0.1) is 6.61 Å². The molecule has 0 aliphatic carbocycles. The Hall–Kier alpha value is -1.60. The fourth-order valence-electron chi connectivity index (χ4n) is 2.42. The molecule has 0 bridgehead atoms. The van der Waals surface area contributed by atoms with E-state index < -0.39 is 61.0 Å². The number of aliphatic carboxylic acids is 1. The Morgan fingerprint density at radius 1 is 1.48 bits per heavy atom. The highest BCUT2D eigenvalue weighted by Gasteiger charge is 2.63. The van der Waals surface area contributed by atoms with Crippen LogP contribution < -0.4 is 0 Å². The van der Waals surface area contributed by atoms with Crippen LogP contribution in [-0.4, -0.2) is 62.7 Å². The summed E-state index contributed by atoms with van der Waals surface area (Å²) in [5.74, 6) is -8.91. The minimum Gasteiger partial charge on any atom is -0.477 e. The number of Topliss-reactive ketones (excluding diaryl/α,β-unsaturated/α-hetero) is 1. The maximum Gasteiger partial charge on any atom is 0.372 e. The first kappa shape index (κ1) is 19.4. The molecule has 5 atom stereocenters. The molecule has 1 rings (SSSR count). The summed E-state index contributed by atoms with van der Waals surface area (Å²) in [6.07, 6.45) is -1.21. The fourth-order valence-corrected chi connectivity index (χ4v) is 2.42. The van der Waals surface area contributed by atoms with Crippen molar-refractivity contribution >= 4 is 11.8 Å². The molecular formula is C14H18F2O7. The molecule has 0 aromatic rings. The first-order valence-electron chi connectivity index (χ1n) is 6.84. The van der Waals surface area contributed by atoms with E-state index in [0.717, 1.165) is 0 Å². The number of rotatable bonds is 7. The number of aliphatic hydroxyl groups is 3. The van der Waals surface area contributed by atoms with Gasteiger partial charge in [0.2, 0.25) is 5.79 Å². The van der Waals surface area contributed by atoms with Crippen LogP contribution in [0.1, 0.15) is 25.7 Å². The van der Waals surface area contributed by atoms with Gasteiger partial charge in [0, 0.05) is 25.2 Å². The molecular weight excluding hydrogens is 318 g/mol. The molecule has 1 fully saturated rings. The zero-order valence-corrected chi connectivity index (χ0v) is 12.1. The van der Waals surface area contributed by atoms with Crippen molar-refractivity contribution in [3.63, 3.8) is 0 Å². The van der Waals surface area contributed by atoms with Crippen molar-refractivity contribution in [1.82, 2.24) is 0 Å². The average Bonchev–Trinajstić information content (AvgIpc) is 2.49. The van der Waals surface area contributed by atoms with E-state index in [4.69, 9.17) is 16.6 Å². The van der Waals surface area contributed by atoms with E-state index in [0.29, 0.717) is 0 Å². The van der Waals surface area contributed by atoms with Crippen LogP contribution in [0.4, 0.5) is 8.78 Å². The van der Waals surface area contributed by atoms with Gasteiger partial charge in [-0.1, -0.05) is 0 Å². The van der Waals surface area contributed by atoms with E-state index in [1.165, 1.54) is 0 Å². The minimum atomic E-state index is -3.90. The van der Waals surface area contributed by atoms with E-state index in [-0.39, 0.29) is 12.8 Å². The first-order chi connectivity index (χ1) is 10.6. The Morgan fingerprint density at radius 3 is 2.57 bits per heavy atom. The smallest absolute Gasteiger partial charge is 0.372 e. The molecule has 23 heavy (non-hydrogen) atoms. The van der Waals surface area contributed by atoms with E-state index in [2.05, 4.69) is 10.7 Å². The van der Waals surface area contributed by atoms with Gasteiger partial charge < -0.3 is 20.4 Å². The molecule has 0 aromatic carbocycles. The van der Waals surface area contributed by atoms with Gasteiger partial charge in [-0.3, -0.25) is 9.53 Å². The molecule has 0 radical (unpaired) electrons. The second-order valence-corrected chi connectivity index (χ2v) is 5.35. The second-order valence-electron chi connectivity index (χ2n) is 5.35. The van der Waals surface area contributed by atoms with Crippen molar-refractivity contribution in [1.29, 1.82) is 0 Å². The number of ether oxygens (including phenoxy) is 1. The fraction of sp³-hybridized carbons (Fsp3) is 0.714. The minimum absolute atomic E-state index is 0.0883. The molecule has 1 aliphatic rings. The maximum absolute atomic E-state index is 14.1. The number of carboxylic acid groups (broad SMARTS) is 1. The molecule has 9 heteroatoms. The van der Waals surface area contributed by atoms with Gasteiger partial charge in [0.25, 0.3) is 0 Å². The number of halogens is 2.